The Labute approximate surface area is 121 Å². The van der Waals surface area contributed by atoms with Gasteiger partial charge in [-0.05, 0) is 49.8 Å². The molecule has 1 aliphatic rings. The normalized spacial score (nSPS) is 22.7. The number of hydrogen-bond donors (Lipinski definition) is 1. The van der Waals surface area contributed by atoms with E-state index in [4.69, 9.17) is 10.5 Å². The largest absolute Gasteiger partial charge is 0.496 e. The Kier molecular flexibility index (Phi) is 4.39. The van der Waals surface area contributed by atoms with Crippen LogP contribution in [0.15, 0.2) is 12.1 Å². The molecule has 1 aromatic carbocycles. The van der Waals surface area contributed by atoms with Gasteiger partial charge in [0.2, 0.25) is 0 Å². The lowest BCUT2D eigenvalue weighted by molar-refractivity contribution is 0.396. The fraction of sp³-hybridized carbons (Fsp3) is 0.600. The molecule has 1 fully saturated rings. The number of nitrogens with two attached hydrogens (primary N) is 1. The van der Waals surface area contributed by atoms with Crippen molar-refractivity contribution in [2.45, 2.75) is 32.7 Å². The molecule has 1 aromatic rings. The van der Waals surface area contributed by atoms with Crippen LogP contribution in [0.4, 0.5) is 0 Å². The van der Waals surface area contributed by atoms with E-state index >= 15 is 0 Å². The number of aryl methyl sites for hydroxylation is 2. The minimum atomic E-state index is -2.84. The summed E-state index contributed by atoms with van der Waals surface area (Å²) in [5.41, 5.74) is 9.56. The number of ether oxygens (including phenoxy) is 1. The zero-order valence-corrected chi connectivity index (χ0v) is 13.2. The Morgan fingerprint density at radius 2 is 2.10 bits per heavy atom. The third kappa shape index (κ3) is 3.33. The van der Waals surface area contributed by atoms with Crippen LogP contribution in [0.25, 0.3) is 0 Å². The molecule has 1 heterocycles. The lowest BCUT2D eigenvalue weighted by Gasteiger charge is -2.21. The summed E-state index contributed by atoms with van der Waals surface area (Å²) in [4.78, 5) is 0. The van der Waals surface area contributed by atoms with E-state index in [1.54, 1.807) is 7.11 Å². The second-order valence-corrected chi connectivity index (χ2v) is 8.04. The van der Waals surface area contributed by atoms with E-state index in [1.165, 1.54) is 0 Å². The average Bonchev–Trinajstić information content (AvgIpc) is 2.67. The predicted molar refractivity (Wildman–Crippen MR) is 80.8 cm³/mol. The molecule has 2 rings (SSSR count). The highest BCUT2D eigenvalue weighted by atomic mass is 32.2. The van der Waals surface area contributed by atoms with Crippen LogP contribution in [0.3, 0.4) is 0 Å². The molecule has 2 unspecified atom stereocenters. The Balaban J connectivity index is 2.19. The van der Waals surface area contributed by atoms with Crippen LogP contribution in [-0.2, 0) is 9.84 Å². The Hall–Kier alpha value is -1.07. The van der Waals surface area contributed by atoms with E-state index < -0.39 is 9.84 Å². The highest BCUT2D eigenvalue weighted by molar-refractivity contribution is 7.91. The van der Waals surface area contributed by atoms with Gasteiger partial charge in [-0.15, -0.1) is 0 Å². The molecule has 20 heavy (non-hydrogen) atoms. The first-order valence-electron chi connectivity index (χ1n) is 6.93. The molecule has 0 bridgehead atoms. The van der Waals surface area contributed by atoms with Gasteiger partial charge in [0, 0.05) is 11.6 Å². The highest BCUT2D eigenvalue weighted by Gasteiger charge is 2.30. The maximum absolute atomic E-state index is 11.5. The molecule has 0 radical (unpaired) electrons. The summed E-state index contributed by atoms with van der Waals surface area (Å²) in [5.74, 6) is 1.54. The number of rotatable bonds is 4. The van der Waals surface area contributed by atoms with Crippen molar-refractivity contribution in [2.24, 2.45) is 11.7 Å². The average molecular weight is 297 g/mol. The fourth-order valence-corrected chi connectivity index (χ4v) is 5.00. The molecule has 1 aliphatic heterocycles. The van der Waals surface area contributed by atoms with Gasteiger partial charge in [-0.2, -0.15) is 0 Å². The maximum atomic E-state index is 11.5. The molecule has 0 spiro atoms. The zero-order valence-electron chi connectivity index (χ0n) is 12.3. The van der Waals surface area contributed by atoms with Crippen molar-refractivity contribution in [3.8, 4) is 5.75 Å². The molecule has 2 N–H and O–H groups in total. The molecular weight excluding hydrogens is 274 g/mol. The maximum Gasteiger partial charge on any atom is 0.150 e. The van der Waals surface area contributed by atoms with Gasteiger partial charge in [-0.1, -0.05) is 6.07 Å². The summed E-state index contributed by atoms with van der Waals surface area (Å²) in [6, 6.07) is 3.89. The second kappa shape index (κ2) is 5.74. The van der Waals surface area contributed by atoms with Crippen LogP contribution in [0.2, 0.25) is 0 Å². The van der Waals surface area contributed by atoms with Crippen molar-refractivity contribution in [1.82, 2.24) is 0 Å². The minimum absolute atomic E-state index is 0.167. The van der Waals surface area contributed by atoms with Gasteiger partial charge in [0.15, 0.2) is 9.84 Å². The predicted octanol–water partition coefficient (Wildman–Crippen LogP) is 2.14. The molecular formula is C15H23NO3S. The van der Waals surface area contributed by atoms with E-state index in [2.05, 4.69) is 6.07 Å². The lowest BCUT2D eigenvalue weighted by Crippen LogP contribution is -2.18. The number of sulfone groups is 1. The van der Waals surface area contributed by atoms with E-state index in [-0.39, 0.29) is 17.7 Å². The van der Waals surface area contributed by atoms with Crippen LogP contribution in [0, 0.1) is 19.8 Å². The van der Waals surface area contributed by atoms with Crippen LogP contribution in [0.5, 0.6) is 5.75 Å². The third-order valence-electron chi connectivity index (χ3n) is 4.00. The van der Waals surface area contributed by atoms with Gasteiger partial charge >= 0.3 is 0 Å². The van der Waals surface area contributed by atoms with Gasteiger partial charge in [0.1, 0.15) is 5.75 Å². The Morgan fingerprint density at radius 1 is 1.40 bits per heavy atom. The van der Waals surface area contributed by atoms with Crippen molar-refractivity contribution in [3.63, 3.8) is 0 Å². The third-order valence-corrected chi connectivity index (χ3v) is 5.83. The smallest absolute Gasteiger partial charge is 0.150 e. The molecule has 5 heteroatoms. The molecule has 4 nitrogen and oxygen atoms in total. The molecule has 1 saturated heterocycles. The van der Waals surface area contributed by atoms with Gasteiger partial charge < -0.3 is 10.5 Å². The fourth-order valence-electron chi connectivity index (χ4n) is 3.12. The van der Waals surface area contributed by atoms with E-state index in [1.807, 2.05) is 19.9 Å². The van der Waals surface area contributed by atoms with Gasteiger partial charge in [-0.3, -0.25) is 0 Å². The first-order chi connectivity index (χ1) is 9.32. The Morgan fingerprint density at radius 3 is 2.65 bits per heavy atom. The van der Waals surface area contributed by atoms with E-state index in [0.717, 1.165) is 28.9 Å². The van der Waals surface area contributed by atoms with Crippen LogP contribution < -0.4 is 10.5 Å². The van der Waals surface area contributed by atoms with Crippen molar-refractivity contribution in [3.05, 3.63) is 28.8 Å². The summed E-state index contributed by atoms with van der Waals surface area (Å²) < 4.78 is 28.5. The van der Waals surface area contributed by atoms with Gasteiger partial charge in [0.25, 0.3) is 0 Å². The lowest BCUT2D eigenvalue weighted by atomic mass is 9.91. The van der Waals surface area contributed by atoms with Crippen molar-refractivity contribution in [2.75, 3.05) is 18.6 Å². The topological polar surface area (TPSA) is 69.4 Å². The Bertz CT molecular complexity index is 595. The summed E-state index contributed by atoms with van der Waals surface area (Å²) in [6.07, 6.45) is 1.42. The monoisotopic (exact) mass is 297 g/mol. The molecule has 0 aromatic heterocycles. The van der Waals surface area contributed by atoms with Crippen LogP contribution >= 0.6 is 0 Å². The van der Waals surface area contributed by atoms with Crippen molar-refractivity contribution < 1.29 is 13.2 Å². The quantitative estimate of drug-likeness (QED) is 0.924. The van der Waals surface area contributed by atoms with E-state index in [0.29, 0.717) is 12.2 Å². The first kappa shape index (κ1) is 15.3. The number of benzene rings is 1. The molecule has 112 valence electrons. The number of methoxy groups -OCH3 is 1. The molecule has 2 atom stereocenters. The van der Waals surface area contributed by atoms with Crippen LogP contribution in [0.1, 0.15) is 35.6 Å². The van der Waals surface area contributed by atoms with Gasteiger partial charge in [0.05, 0.1) is 18.6 Å². The van der Waals surface area contributed by atoms with Gasteiger partial charge in [-0.25, -0.2) is 8.42 Å². The summed E-state index contributed by atoms with van der Waals surface area (Å²) in [6.45, 7) is 4.05. The van der Waals surface area contributed by atoms with Crippen molar-refractivity contribution >= 4 is 9.84 Å². The second-order valence-electron chi connectivity index (χ2n) is 5.81. The molecule has 0 aliphatic carbocycles. The highest BCUT2D eigenvalue weighted by Crippen LogP contribution is 2.34. The van der Waals surface area contributed by atoms with Crippen LogP contribution in [-0.4, -0.2) is 27.0 Å². The molecule has 0 saturated carbocycles. The summed E-state index contributed by atoms with van der Waals surface area (Å²) in [7, 11) is -1.20. The summed E-state index contributed by atoms with van der Waals surface area (Å²) >= 11 is 0. The standard InChI is InChI=1S/C15H23NO3S/c1-10-6-11(2)15(14(7-10)19-3)13(16)8-12-4-5-20(17,18)9-12/h6-7,12-13H,4-5,8-9,16H2,1-3H3. The number of hydrogen-bond acceptors (Lipinski definition) is 4. The SMILES string of the molecule is COc1cc(C)cc(C)c1C(N)CC1CCS(=O)(=O)C1. The summed E-state index contributed by atoms with van der Waals surface area (Å²) in [5, 5.41) is 0. The van der Waals surface area contributed by atoms with Crippen molar-refractivity contribution in [1.29, 1.82) is 0 Å². The van der Waals surface area contributed by atoms with E-state index in [9.17, 15) is 8.42 Å². The zero-order chi connectivity index (χ0) is 14.9. The first-order valence-corrected chi connectivity index (χ1v) is 8.75. The minimum Gasteiger partial charge on any atom is -0.496 e. The molecule has 0 amide bonds.